The van der Waals surface area contributed by atoms with Gasteiger partial charge in [-0.25, -0.2) is 0 Å². The molecule has 144 valence electrons. The average molecular weight is 349 g/mol. The fourth-order valence-electron chi connectivity index (χ4n) is 8.54. The second-order valence-corrected chi connectivity index (χ2v) is 10.8. The summed E-state index contributed by atoms with van der Waals surface area (Å²) in [5.74, 6) is 4.38. The number of rotatable bonds is 2. The second-order valence-electron chi connectivity index (χ2n) is 10.8. The van der Waals surface area contributed by atoms with Gasteiger partial charge in [-0.3, -0.25) is 0 Å². The Balaban J connectivity index is 1.62. The van der Waals surface area contributed by atoms with Gasteiger partial charge in [0.1, 0.15) is 0 Å². The molecule has 0 aromatic carbocycles. The standard InChI is InChI=1S/C23H40O2/c1-5-14(2)17-6-7-18-16-13-21(25)20-12-15(24)8-10-23(20,4)19(16)9-11-22(17,18)3/h14-21,24-25H,5-13H2,1-4H3. The highest BCUT2D eigenvalue weighted by Gasteiger charge is 2.62. The van der Waals surface area contributed by atoms with E-state index >= 15 is 0 Å². The zero-order valence-corrected chi connectivity index (χ0v) is 16.9. The largest absolute Gasteiger partial charge is 0.393 e. The van der Waals surface area contributed by atoms with E-state index in [2.05, 4.69) is 27.7 Å². The molecule has 0 saturated heterocycles. The third-order valence-electron chi connectivity index (χ3n) is 10.1. The van der Waals surface area contributed by atoms with Crippen molar-refractivity contribution >= 4 is 0 Å². The van der Waals surface area contributed by atoms with Gasteiger partial charge < -0.3 is 10.2 Å². The fraction of sp³-hybridized carbons (Fsp3) is 1.00. The van der Waals surface area contributed by atoms with Crippen LogP contribution in [0.3, 0.4) is 0 Å². The summed E-state index contributed by atoms with van der Waals surface area (Å²) in [7, 11) is 0. The zero-order chi connectivity index (χ0) is 18.0. The lowest BCUT2D eigenvalue weighted by atomic mass is 9.44. The molecule has 10 unspecified atom stereocenters. The third kappa shape index (κ3) is 2.57. The Bertz CT molecular complexity index is 504. The molecule has 4 aliphatic carbocycles. The Kier molecular flexibility index (Phi) is 4.56. The van der Waals surface area contributed by atoms with Gasteiger partial charge in [0.25, 0.3) is 0 Å². The summed E-state index contributed by atoms with van der Waals surface area (Å²) in [5, 5.41) is 21.2. The van der Waals surface area contributed by atoms with E-state index in [0.29, 0.717) is 11.3 Å². The molecular weight excluding hydrogens is 308 g/mol. The third-order valence-corrected chi connectivity index (χ3v) is 10.1. The Morgan fingerprint density at radius 3 is 2.28 bits per heavy atom. The zero-order valence-electron chi connectivity index (χ0n) is 16.9. The van der Waals surface area contributed by atoms with E-state index in [1.54, 1.807) is 0 Å². The minimum Gasteiger partial charge on any atom is -0.393 e. The molecule has 0 spiro atoms. The summed E-state index contributed by atoms with van der Waals surface area (Å²) in [6, 6.07) is 0. The predicted octanol–water partition coefficient (Wildman–Crippen LogP) is 5.02. The van der Waals surface area contributed by atoms with Crippen LogP contribution in [0.15, 0.2) is 0 Å². The number of hydrogen-bond acceptors (Lipinski definition) is 2. The quantitative estimate of drug-likeness (QED) is 0.735. The molecule has 0 amide bonds. The van der Waals surface area contributed by atoms with Crippen molar-refractivity contribution < 1.29 is 10.2 Å². The molecule has 0 aromatic heterocycles. The van der Waals surface area contributed by atoms with Crippen LogP contribution in [0.4, 0.5) is 0 Å². The summed E-state index contributed by atoms with van der Waals surface area (Å²) in [6.07, 6.45) is 10.4. The molecule has 0 bridgehead atoms. The number of aliphatic hydroxyl groups excluding tert-OH is 2. The lowest BCUT2D eigenvalue weighted by Gasteiger charge is -2.62. The Labute approximate surface area is 154 Å². The van der Waals surface area contributed by atoms with Crippen LogP contribution in [-0.4, -0.2) is 22.4 Å². The molecule has 4 aliphatic rings. The van der Waals surface area contributed by atoms with Gasteiger partial charge in [-0.15, -0.1) is 0 Å². The van der Waals surface area contributed by atoms with Gasteiger partial charge in [0.2, 0.25) is 0 Å². The molecule has 10 atom stereocenters. The number of hydrogen-bond donors (Lipinski definition) is 2. The normalized spacial score (nSPS) is 56.6. The van der Waals surface area contributed by atoms with E-state index in [0.717, 1.165) is 55.3 Å². The monoisotopic (exact) mass is 348 g/mol. The van der Waals surface area contributed by atoms with Crippen LogP contribution in [0.25, 0.3) is 0 Å². The molecule has 0 aromatic rings. The molecule has 2 nitrogen and oxygen atoms in total. The van der Waals surface area contributed by atoms with Gasteiger partial charge in [-0.05, 0) is 97.7 Å². The van der Waals surface area contributed by atoms with E-state index in [4.69, 9.17) is 0 Å². The van der Waals surface area contributed by atoms with Crippen LogP contribution in [0.2, 0.25) is 0 Å². The van der Waals surface area contributed by atoms with E-state index in [9.17, 15) is 10.2 Å². The van der Waals surface area contributed by atoms with Crippen molar-refractivity contribution in [1.82, 2.24) is 0 Å². The average Bonchev–Trinajstić information content (AvgIpc) is 2.93. The summed E-state index contributed by atoms with van der Waals surface area (Å²) >= 11 is 0. The van der Waals surface area contributed by atoms with Crippen molar-refractivity contribution in [3.63, 3.8) is 0 Å². The maximum atomic E-state index is 11.0. The first-order chi connectivity index (χ1) is 11.8. The van der Waals surface area contributed by atoms with E-state index < -0.39 is 0 Å². The summed E-state index contributed by atoms with van der Waals surface area (Å²) < 4.78 is 0. The van der Waals surface area contributed by atoms with Crippen LogP contribution in [0, 0.1) is 46.3 Å². The molecule has 4 saturated carbocycles. The van der Waals surface area contributed by atoms with Gasteiger partial charge in [0, 0.05) is 0 Å². The summed E-state index contributed by atoms with van der Waals surface area (Å²) in [6.45, 7) is 9.90. The molecule has 2 heteroatoms. The first kappa shape index (κ1) is 18.3. The maximum Gasteiger partial charge on any atom is 0.0577 e. The molecule has 0 radical (unpaired) electrons. The smallest absolute Gasteiger partial charge is 0.0577 e. The molecule has 4 fully saturated rings. The molecule has 0 aliphatic heterocycles. The Morgan fingerprint density at radius 1 is 0.880 bits per heavy atom. The summed E-state index contributed by atoms with van der Waals surface area (Å²) in [4.78, 5) is 0. The van der Waals surface area contributed by atoms with Crippen molar-refractivity contribution in [3.05, 3.63) is 0 Å². The molecule has 25 heavy (non-hydrogen) atoms. The number of aliphatic hydroxyl groups is 2. The second kappa shape index (κ2) is 6.23. The van der Waals surface area contributed by atoms with Crippen molar-refractivity contribution in [1.29, 1.82) is 0 Å². The lowest BCUT2D eigenvalue weighted by Crippen LogP contribution is -2.58. The van der Waals surface area contributed by atoms with Crippen molar-refractivity contribution in [2.45, 2.75) is 97.7 Å². The lowest BCUT2D eigenvalue weighted by molar-refractivity contribution is -0.172. The fourth-order valence-corrected chi connectivity index (χ4v) is 8.54. The van der Waals surface area contributed by atoms with Crippen molar-refractivity contribution in [2.75, 3.05) is 0 Å². The predicted molar refractivity (Wildman–Crippen MR) is 102 cm³/mol. The molecule has 4 rings (SSSR count). The maximum absolute atomic E-state index is 11.0. The van der Waals surface area contributed by atoms with Crippen molar-refractivity contribution in [2.24, 2.45) is 46.3 Å². The van der Waals surface area contributed by atoms with Gasteiger partial charge in [-0.2, -0.15) is 0 Å². The SMILES string of the molecule is CCC(C)C1CCC2C3CC(O)C4CC(O)CCC4(C)C3CCC12C. The highest BCUT2D eigenvalue weighted by atomic mass is 16.3. The number of fused-ring (bicyclic) bond motifs is 5. The first-order valence-corrected chi connectivity index (χ1v) is 11.2. The molecule has 2 N–H and O–H groups in total. The van der Waals surface area contributed by atoms with E-state index in [-0.39, 0.29) is 17.6 Å². The van der Waals surface area contributed by atoms with Crippen molar-refractivity contribution in [3.8, 4) is 0 Å². The van der Waals surface area contributed by atoms with Crippen LogP contribution >= 0.6 is 0 Å². The molecule has 0 heterocycles. The minimum absolute atomic E-state index is 0.181. The minimum atomic E-state index is -0.189. The highest BCUT2D eigenvalue weighted by Crippen LogP contribution is 2.68. The van der Waals surface area contributed by atoms with E-state index in [1.165, 1.54) is 32.1 Å². The summed E-state index contributed by atoms with van der Waals surface area (Å²) in [5.41, 5.74) is 0.769. The Hall–Kier alpha value is -0.0800. The first-order valence-electron chi connectivity index (χ1n) is 11.2. The molecular formula is C23H40O2. The van der Waals surface area contributed by atoms with Crippen LogP contribution in [-0.2, 0) is 0 Å². The van der Waals surface area contributed by atoms with Crippen LogP contribution in [0.5, 0.6) is 0 Å². The van der Waals surface area contributed by atoms with Gasteiger partial charge in [-0.1, -0.05) is 34.1 Å². The van der Waals surface area contributed by atoms with E-state index in [1.807, 2.05) is 0 Å². The van der Waals surface area contributed by atoms with Crippen LogP contribution < -0.4 is 0 Å². The van der Waals surface area contributed by atoms with Gasteiger partial charge >= 0.3 is 0 Å². The Morgan fingerprint density at radius 2 is 1.56 bits per heavy atom. The van der Waals surface area contributed by atoms with Crippen LogP contribution in [0.1, 0.15) is 85.5 Å². The highest BCUT2D eigenvalue weighted by molar-refractivity contribution is 5.11. The topological polar surface area (TPSA) is 40.5 Å². The van der Waals surface area contributed by atoms with Gasteiger partial charge in [0.05, 0.1) is 12.2 Å². The van der Waals surface area contributed by atoms with Gasteiger partial charge in [0.15, 0.2) is 0 Å².